The van der Waals surface area contributed by atoms with Crippen molar-refractivity contribution in [1.82, 2.24) is 19.7 Å². The number of anilines is 2. The molecule has 0 radical (unpaired) electrons. The van der Waals surface area contributed by atoms with E-state index in [1.54, 1.807) is 22.2 Å². The summed E-state index contributed by atoms with van der Waals surface area (Å²) in [5.74, 6) is 1.20. The third kappa shape index (κ3) is 3.10. The van der Waals surface area contributed by atoms with Crippen LogP contribution in [0.15, 0.2) is 60.8 Å². The minimum absolute atomic E-state index is 0.438. The Bertz CT molecular complexity index is 1390. The summed E-state index contributed by atoms with van der Waals surface area (Å²) < 4.78 is 2.76. The number of para-hydroxylation sites is 1. The molecule has 6 nitrogen and oxygen atoms in total. The largest absolute Gasteiger partial charge is 0.315 e. The number of nitrogens with one attached hydrogen (secondary N) is 1. The van der Waals surface area contributed by atoms with Crippen LogP contribution in [0.5, 0.6) is 0 Å². The summed E-state index contributed by atoms with van der Waals surface area (Å²) in [6.07, 6.45) is 2.53. The van der Waals surface area contributed by atoms with Crippen LogP contribution in [0.25, 0.3) is 26.9 Å². The van der Waals surface area contributed by atoms with Crippen molar-refractivity contribution in [2.75, 3.05) is 5.32 Å². The molecule has 0 aliphatic rings. The fourth-order valence-corrected chi connectivity index (χ4v) is 4.17. The van der Waals surface area contributed by atoms with Crippen molar-refractivity contribution in [1.29, 1.82) is 5.26 Å². The highest BCUT2D eigenvalue weighted by Gasteiger charge is 2.16. The van der Waals surface area contributed by atoms with Crippen molar-refractivity contribution < 1.29 is 0 Å². The smallest absolute Gasteiger partial charge is 0.189 e. The summed E-state index contributed by atoms with van der Waals surface area (Å²) in [6, 6.07) is 20.3. The van der Waals surface area contributed by atoms with E-state index in [4.69, 9.17) is 4.98 Å². The molecule has 29 heavy (non-hydrogen) atoms. The third-order valence-corrected chi connectivity index (χ3v) is 5.71. The van der Waals surface area contributed by atoms with Crippen LogP contribution in [0.4, 0.5) is 10.9 Å². The number of fused-ring (bicyclic) bond motifs is 2. The van der Waals surface area contributed by atoms with E-state index in [-0.39, 0.29) is 0 Å². The predicted molar refractivity (Wildman–Crippen MR) is 116 cm³/mol. The number of rotatable bonds is 4. The molecule has 0 aliphatic heterocycles. The predicted octanol–water partition coefficient (Wildman–Crippen LogP) is 5.21. The zero-order chi connectivity index (χ0) is 19.8. The second-order valence-electron chi connectivity index (χ2n) is 6.59. The highest BCUT2D eigenvalue weighted by Crippen LogP contribution is 2.31. The topological polar surface area (TPSA) is 79.4 Å². The first-order chi connectivity index (χ1) is 14.2. The molecule has 1 N–H and O–H groups in total. The molecule has 5 rings (SSSR count). The summed E-state index contributed by atoms with van der Waals surface area (Å²) in [5, 5.41) is 19.0. The quantitative estimate of drug-likeness (QED) is 0.451. The van der Waals surface area contributed by atoms with E-state index in [1.165, 1.54) is 5.56 Å². The Morgan fingerprint density at radius 3 is 2.83 bits per heavy atom. The Kier molecular flexibility index (Phi) is 4.19. The summed E-state index contributed by atoms with van der Waals surface area (Å²) in [4.78, 5) is 9.35. The second-order valence-corrected chi connectivity index (χ2v) is 7.62. The van der Waals surface area contributed by atoms with Crippen molar-refractivity contribution in [3.8, 4) is 11.9 Å². The van der Waals surface area contributed by atoms with Crippen LogP contribution in [0.2, 0.25) is 0 Å². The van der Waals surface area contributed by atoms with Gasteiger partial charge in [0.25, 0.3) is 0 Å². The molecule has 0 saturated carbocycles. The second kappa shape index (κ2) is 7.00. The van der Waals surface area contributed by atoms with Crippen LogP contribution in [-0.4, -0.2) is 19.7 Å². The molecule has 0 spiro atoms. The fourth-order valence-electron chi connectivity index (χ4n) is 3.24. The molecule has 0 unspecified atom stereocenters. The number of pyridine rings is 1. The Morgan fingerprint density at radius 2 is 1.97 bits per heavy atom. The minimum atomic E-state index is 0.438. The van der Waals surface area contributed by atoms with Crippen LogP contribution < -0.4 is 5.32 Å². The van der Waals surface area contributed by atoms with Crippen LogP contribution in [0.3, 0.4) is 0 Å². The van der Waals surface area contributed by atoms with Crippen molar-refractivity contribution in [2.45, 2.75) is 13.3 Å². The van der Waals surface area contributed by atoms with Crippen LogP contribution in [0.1, 0.15) is 18.1 Å². The molecular formula is C22H16N6S. The van der Waals surface area contributed by atoms with Gasteiger partial charge in [-0.2, -0.15) is 15.0 Å². The zero-order valence-electron chi connectivity index (χ0n) is 15.6. The monoisotopic (exact) mass is 396 g/mol. The van der Waals surface area contributed by atoms with Crippen molar-refractivity contribution in [2.24, 2.45) is 0 Å². The number of thiazole rings is 1. The highest BCUT2D eigenvalue weighted by atomic mass is 32.1. The first kappa shape index (κ1) is 17.3. The Balaban J connectivity index is 1.58. The summed E-state index contributed by atoms with van der Waals surface area (Å²) in [6.45, 7) is 2.13. The van der Waals surface area contributed by atoms with Crippen molar-refractivity contribution in [3.05, 3.63) is 71.9 Å². The molecule has 0 fully saturated rings. The molecule has 3 heterocycles. The molecule has 0 atom stereocenters. The SMILES string of the molecule is CCc1ccc2nc(Nc3c(C#N)cnn3-c3ccc4ccccc4n3)sc2c1. The van der Waals surface area contributed by atoms with Gasteiger partial charge in [-0.15, -0.1) is 0 Å². The van der Waals surface area contributed by atoms with Gasteiger partial charge in [-0.3, -0.25) is 0 Å². The third-order valence-electron chi connectivity index (χ3n) is 4.78. The molecule has 0 saturated heterocycles. The van der Waals surface area contributed by atoms with Crippen molar-refractivity contribution >= 4 is 43.4 Å². The lowest BCUT2D eigenvalue weighted by Gasteiger charge is -2.08. The maximum Gasteiger partial charge on any atom is 0.189 e. The number of aromatic nitrogens is 4. The first-order valence-corrected chi connectivity index (χ1v) is 10.1. The molecular weight excluding hydrogens is 380 g/mol. The van der Waals surface area contributed by atoms with Gasteiger partial charge >= 0.3 is 0 Å². The van der Waals surface area contributed by atoms with Gasteiger partial charge in [-0.1, -0.05) is 42.5 Å². The number of benzene rings is 2. The van der Waals surface area contributed by atoms with Gasteiger partial charge in [-0.25, -0.2) is 9.97 Å². The summed E-state index contributed by atoms with van der Waals surface area (Å²) >= 11 is 1.56. The lowest BCUT2D eigenvalue weighted by molar-refractivity contribution is 0.860. The molecule has 2 aromatic carbocycles. The number of hydrogen-bond acceptors (Lipinski definition) is 6. The number of nitriles is 1. The average molecular weight is 396 g/mol. The van der Waals surface area contributed by atoms with E-state index in [9.17, 15) is 5.26 Å². The van der Waals surface area contributed by atoms with Crippen LogP contribution in [-0.2, 0) is 6.42 Å². The molecule has 0 amide bonds. The molecule has 140 valence electrons. The van der Waals surface area contributed by atoms with E-state index < -0.39 is 0 Å². The Labute approximate surface area is 171 Å². The molecule has 0 aliphatic carbocycles. The lowest BCUT2D eigenvalue weighted by Crippen LogP contribution is -2.05. The maximum absolute atomic E-state index is 9.56. The van der Waals surface area contributed by atoms with Gasteiger partial charge in [0.15, 0.2) is 16.8 Å². The van der Waals surface area contributed by atoms with Gasteiger partial charge in [0.2, 0.25) is 0 Å². The standard InChI is InChI=1S/C22H16N6S/c1-2-14-7-9-18-19(11-14)29-22(26-18)27-21-16(12-23)13-24-28(21)20-10-8-15-5-3-4-6-17(15)25-20/h3-11,13H,2H2,1H3,(H,26,27). The van der Waals surface area contributed by atoms with E-state index in [2.05, 4.69) is 40.5 Å². The Hall–Kier alpha value is -3.76. The minimum Gasteiger partial charge on any atom is -0.315 e. The Morgan fingerprint density at radius 1 is 1.07 bits per heavy atom. The summed E-state index contributed by atoms with van der Waals surface area (Å²) in [7, 11) is 0. The zero-order valence-corrected chi connectivity index (χ0v) is 16.4. The lowest BCUT2D eigenvalue weighted by atomic mass is 10.2. The van der Waals surface area contributed by atoms with Gasteiger partial charge in [0.1, 0.15) is 11.6 Å². The van der Waals surface area contributed by atoms with Gasteiger partial charge < -0.3 is 5.32 Å². The molecule has 5 aromatic rings. The van der Waals surface area contributed by atoms with E-state index >= 15 is 0 Å². The maximum atomic E-state index is 9.56. The van der Waals surface area contributed by atoms with Crippen LogP contribution >= 0.6 is 11.3 Å². The van der Waals surface area contributed by atoms with Crippen molar-refractivity contribution in [3.63, 3.8) is 0 Å². The van der Waals surface area contributed by atoms with Gasteiger partial charge in [0, 0.05) is 5.39 Å². The fraction of sp³-hybridized carbons (Fsp3) is 0.0909. The van der Waals surface area contributed by atoms with Crippen LogP contribution in [0, 0.1) is 11.3 Å². The highest BCUT2D eigenvalue weighted by molar-refractivity contribution is 7.22. The number of nitrogens with zero attached hydrogens (tertiary/aromatic N) is 5. The molecule has 3 aromatic heterocycles. The first-order valence-electron chi connectivity index (χ1n) is 9.26. The molecule has 0 bridgehead atoms. The average Bonchev–Trinajstić information content (AvgIpc) is 3.36. The van der Waals surface area contributed by atoms with E-state index in [1.807, 2.05) is 42.5 Å². The number of aryl methyl sites for hydroxylation is 1. The van der Waals surface area contributed by atoms with E-state index in [0.29, 0.717) is 22.3 Å². The van der Waals surface area contributed by atoms with E-state index in [0.717, 1.165) is 27.5 Å². The van der Waals surface area contributed by atoms with Gasteiger partial charge in [0.05, 0.1) is 21.9 Å². The normalized spacial score (nSPS) is 11.0. The molecule has 7 heteroatoms. The summed E-state index contributed by atoms with van der Waals surface area (Å²) in [5.41, 5.74) is 3.52. The van der Waals surface area contributed by atoms with Gasteiger partial charge in [-0.05, 0) is 42.3 Å². The number of hydrogen-bond donors (Lipinski definition) is 1.